The third-order valence-electron chi connectivity index (χ3n) is 0.964. The number of carbonyl (C=O) groups is 1. The standard InChI is InChI=1S/C6H10N2O/c1-4-5(7-2)6(9)8-3/h1,5,7H,2-3H3,(H,8,9)/t5-/m0/s1. The molecular weight excluding hydrogens is 116 g/mol. The average molecular weight is 126 g/mol. The fourth-order valence-electron chi connectivity index (χ4n) is 0.434. The van der Waals surface area contributed by atoms with Gasteiger partial charge in [-0.05, 0) is 7.05 Å². The Balaban J connectivity index is 3.84. The summed E-state index contributed by atoms with van der Waals surface area (Å²) in [6.45, 7) is 0. The second kappa shape index (κ2) is 3.93. The smallest absolute Gasteiger partial charge is 0.249 e. The SMILES string of the molecule is C#C[C@H](NC)C(=O)NC. The Morgan fingerprint density at radius 3 is 2.33 bits per heavy atom. The van der Waals surface area contributed by atoms with Gasteiger partial charge in [0.05, 0.1) is 0 Å². The Hall–Kier alpha value is -1.01. The van der Waals surface area contributed by atoms with Crippen LogP contribution in [0.2, 0.25) is 0 Å². The Labute approximate surface area is 54.8 Å². The number of nitrogens with one attached hydrogen (secondary N) is 2. The first-order valence-corrected chi connectivity index (χ1v) is 2.61. The highest BCUT2D eigenvalue weighted by Crippen LogP contribution is 1.75. The van der Waals surface area contributed by atoms with Crippen molar-refractivity contribution >= 4 is 5.91 Å². The van der Waals surface area contributed by atoms with E-state index in [0.29, 0.717) is 0 Å². The zero-order chi connectivity index (χ0) is 7.28. The van der Waals surface area contributed by atoms with Gasteiger partial charge in [0.15, 0.2) is 0 Å². The highest BCUT2D eigenvalue weighted by Gasteiger charge is 2.08. The highest BCUT2D eigenvalue weighted by molar-refractivity contribution is 5.84. The van der Waals surface area contributed by atoms with Crippen LogP contribution in [0.15, 0.2) is 0 Å². The number of carbonyl (C=O) groups excluding carboxylic acids is 1. The van der Waals surface area contributed by atoms with E-state index in [1.165, 1.54) is 0 Å². The molecule has 0 aliphatic heterocycles. The van der Waals surface area contributed by atoms with Gasteiger partial charge in [0.1, 0.15) is 6.04 Å². The molecule has 0 aromatic heterocycles. The van der Waals surface area contributed by atoms with Crippen LogP contribution in [0.25, 0.3) is 0 Å². The van der Waals surface area contributed by atoms with Crippen molar-refractivity contribution in [2.24, 2.45) is 0 Å². The van der Waals surface area contributed by atoms with Gasteiger partial charge < -0.3 is 5.32 Å². The first kappa shape index (κ1) is 7.99. The van der Waals surface area contributed by atoms with Crippen LogP contribution in [0.1, 0.15) is 0 Å². The molecule has 1 atom stereocenters. The lowest BCUT2D eigenvalue weighted by Gasteiger charge is -2.05. The normalized spacial score (nSPS) is 11.7. The Morgan fingerprint density at radius 2 is 2.22 bits per heavy atom. The van der Waals surface area contributed by atoms with Gasteiger partial charge in [0.25, 0.3) is 0 Å². The minimum absolute atomic E-state index is 0.181. The summed E-state index contributed by atoms with van der Waals surface area (Å²) in [5, 5.41) is 5.08. The minimum atomic E-state index is -0.505. The van der Waals surface area contributed by atoms with Gasteiger partial charge in [-0.25, -0.2) is 0 Å². The molecule has 1 amide bonds. The van der Waals surface area contributed by atoms with E-state index in [9.17, 15) is 4.79 Å². The summed E-state index contributed by atoms with van der Waals surface area (Å²) in [4.78, 5) is 10.7. The van der Waals surface area contributed by atoms with Crippen LogP contribution in [-0.2, 0) is 4.79 Å². The van der Waals surface area contributed by atoms with Crippen LogP contribution < -0.4 is 10.6 Å². The van der Waals surface area contributed by atoms with Crippen molar-refractivity contribution in [1.29, 1.82) is 0 Å². The number of hydrogen-bond donors (Lipinski definition) is 2. The van der Waals surface area contributed by atoms with E-state index in [4.69, 9.17) is 6.42 Å². The Kier molecular flexibility index (Phi) is 3.49. The van der Waals surface area contributed by atoms with Crippen LogP contribution in [0.5, 0.6) is 0 Å². The summed E-state index contributed by atoms with van der Waals surface area (Å²) in [5.74, 6) is 2.10. The number of likely N-dealkylation sites (N-methyl/N-ethyl adjacent to an activating group) is 2. The number of amides is 1. The quantitative estimate of drug-likeness (QED) is 0.464. The first-order chi connectivity index (χ1) is 4.26. The van der Waals surface area contributed by atoms with Gasteiger partial charge in [0, 0.05) is 7.05 Å². The summed E-state index contributed by atoms with van der Waals surface area (Å²) < 4.78 is 0. The monoisotopic (exact) mass is 126 g/mol. The van der Waals surface area contributed by atoms with Crippen LogP contribution in [0.3, 0.4) is 0 Å². The highest BCUT2D eigenvalue weighted by atomic mass is 16.2. The second-order valence-corrected chi connectivity index (χ2v) is 1.50. The van der Waals surface area contributed by atoms with Gasteiger partial charge in [-0.2, -0.15) is 0 Å². The summed E-state index contributed by atoms with van der Waals surface area (Å²) in [7, 11) is 3.18. The van der Waals surface area contributed by atoms with Gasteiger partial charge in [-0.1, -0.05) is 5.92 Å². The van der Waals surface area contributed by atoms with E-state index >= 15 is 0 Å². The molecule has 0 saturated heterocycles. The lowest BCUT2D eigenvalue weighted by molar-refractivity contribution is -0.121. The van der Waals surface area contributed by atoms with Crippen molar-refractivity contribution in [1.82, 2.24) is 10.6 Å². The molecule has 9 heavy (non-hydrogen) atoms. The molecule has 0 bridgehead atoms. The molecule has 50 valence electrons. The van der Waals surface area contributed by atoms with Crippen LogP contribution in [0.4, 0.5) is 0 Å². The molecular formula is C6H10N2O. The zero-order valence-electron chi connectivity index (χ0n) is 5.56. The molecule has 0 fully saturated rings. The van der Waals surface area contributed by atoms with Crippen LogP contribution in [-0.4, -0.2) is 26.0 Å². The number of terminal acetylenes is 1. The molecule has 0 radical (unpaired) electrons. The van der Waals surface area contributed by atoms with Crippen molar-refractivity contribution in [2.45, 2.75) is 6.04 Å². The predicted octanol–water partition coefficient (Wildman–Crippen LogP) is -1.05. The number of hydrogen-bond acceptors (Lipinski definition) is 2. The van der Waals surface area contributed by atoms with E-state index in [1.807, 2.05) is 0 Å². The van der Waals surface area contributed by atoms with Crippen LogP contribution >= 0.6 is 0 Å². The summed E-state index contributed by atoms with van der Waals surface area (Å²) in [5.41, 5.74) is 0. The van der Waals surface area contributed by atoms with Gasteiger partial charge >= 0.3 is 0 Å². The van der Waals surface area contributed by atoms with E-state index < -0.39 is 6.04 Å². The van der Waals surface area contributed by atoms with Crippen molar-refractivity contribution in [3.63, 3.8) is 0 Å². The molecule has 3 nitrogen and oxygen atoms in total. The van der Waals surface area contributed by atoms with Crippen molar-refractivity contribution < 1.29 is 4.79 Å². The third kappa shape index (κ3) is 2.15. The summed E-state index contributed by atoms with van der Waals surface area (Å²) >= 11 is 0. The first-order valence-electron chi connectivity index (χ1n) is 2.61. The van der Waals surface area contributed by atoms with Gasteiger partial charge in [0.2, 0.25) is 5.91 Å². The molecule has 0 aromatic rings. The Bertz CT molecular complexity index is 136. The largest absolute Gasteiger partial charge is 0.357 e. The maximum absolute atomic E-state index is 10.7. The van der Waals surface area contributed by atoms with Crippen LogP contribution in [0, 0.1) is 12.3 Å². The lowest BCUT2D eigenvalue weighted by Crippen LogP contribution is -2.39. The molecule has 0 saturated carbocycles. The Morgan fingerprint density at radius 1 is 1.67 bits per heavy atom. The fourth-order valence-corrected chi connectivity index (χ4v) is 0.434. The topological polar surface area (TPSA) is 41.1 Å². The minimum Gasteiger partial charge on any atom is -0.357 e. The zero-order valence-corrected chi connectivity index (χ0v) is 5.56. The van der Waals surface area contributed by atoms with E-state index in [1.54, 1.807) is 14.1 Å². The molecule has 0 aliphatic carbocycles. The maximum atomic E-state index is 10.7. The molecule has 3 heteroatoms. The van der Waals surface area contributed by atoms with E-state index in [-0.39, 0.29) is 5.91 Å². The molecule has 2 N–H and O–H groups in total. The summed E-state index contributed by atoms with van der Waals surface area (Å²) in [6.07, 6.45) is 4.99. The van der Waals surface area contributed by atoms with E-state index in [0.717, 1.165) is 0 Å². The van der Waals surface area contributed by atoms with Crippen molar-refractivity contribution in [3.05, 3.63) is 0 Å². The van der Waals surface area contributed by atoms with Crippen molar-refractivity contribution in [2.75, 3.05) is 14.1 Å². The summed E-state index contributed by atoms with van der Waals surface area (Å²) in [6, 6.07) is -0.505. The third-order valence-corrected chi connectivity index (χ3v) is 0.964. The second-order valence-electron chi connectivity index (χ2n) is 1.50. The molecule has 0 rings (SSSR count). The van der Waals surface area contributed by atoms with Crippen molar-refractivity contribution in [3.8, 4) is 12.3 Å². The number of rotatable bonds is 2. The molecule has 0 aromatic carbocycles. The average Bonchev–Trinajstić information content (AvgIpc) is 1.90. The molecule has 0 unspecified atom stereocenters. The lowest BCUT2D eigenvalue weighted by atomic mass is 10.3. The molecule has 0 heterocycles. The molecule has 0 aliphatic rings. The fraction of sp³-hybridized carbons (Fsp3) is 0.500. The maximum Gasteiger partial charge on any atom is 0.249 e. The molecule has 0 spiro atoms. The van der Waals surface area contributed by atoms with E-state index in [2.05, 4.69) is 16.6 Å². The predicted molar refractivity (Wildman–Crippen MR) is 35.7 cm³/mol. The van der Waals surface area contributed by atoms with Gasteiger partial charge in [-0.3, -0.25) is 10.1 Å². The van der Waals surface area contributed by atoms with Gasteiger partial charge in [-0.15, -0.1) is 6.42 Å².